The maximum absolute atomic E-state index is 14.3. The molecular weight excluding hydrogens is 667 g/mol. The number of anilines is 1. The van der Waals surface area contributed by atoms with Crippen molar-refractivity contribution in [2.24, 2.45) is 7.05 Å². The third kappa shape index (κ3) is 5.58. The second-order valence-electron chi connectivity index (χ2n) is 12.3. The first-order valence-corrected chi connectivity index (χ1v) is 15.8. The highest BCUT2D eigenvalue weighted by atomic mass is 35.5. The van der Waals surface area contributed by atoms with E-state index in [4.69, 9.17) is 11.6 Å². The Morgan fingerprint density at radius 3 is 2.53 bits per heavy atom. The number of aromatic nitrogens is 7. The van der Waals surface area contributed by atoms with Gasteiger partial charge >= 0.3 is 6.18 Å². The monoisotopic (exact) mass is 695 g/mol. The van der Waals surface area contributed by atoms with Crippen molar-refractivity contribution in [3.63, 3.8) is 0 Å². The van der Waals surface area contributed by atoms with Crippen molar-refractivity contribution in [2.45, 2.75) is 50.7 Å². The number of nitrogens with zero attached hydrogens (tertiary/aromatic N) is 8. The Morgan fingerprint density at radius 2 is 1.88 bits per heavy atom. The van der Waals surface area contributed by atoms with E-state index in [0.29, 0.717) is 61.3 Å². The zero-order valence-corrected chi connectivity index (χ0v) is 27.0. The van der Waals surface area contributed by atoms with Gasteiger partial charge in [-0.15, -0.1) is 5.10 Å². The summed E-state index contributed by atoms with van der Waals surface area (Å²) in [5.74, 6) is -0.883. The molecule has 49 heavy (non-hydrogen) atoms. The Labute approximate surface area is 281 Å². The molecule has 2 N–H and O–H groups in total. The number of halogens is 4. The summed E-state index contributed by atoms with van der Waals surface area (Å²) in [5.41, 5.74) is 0.282. The van der Waals surface area contributed by atoms with Crippen LogP contribution in [0.1, 0.15) is 52.3 Å². The molecule has 2 amide bonds. The Bertz CT molecular complexity index is 2220. The number of aromatic hydroxyl groups is 1. The number of likely N-dealkylation sites (tertiary alicyclic amines) is 1. The SMILES string of the molecule is Cc1nn(C)cc1-c1nc2n(CC(=O)Nc3ccc(C(F)(F)F)cc3Cl)c3c(c(=O)n2n1)C1(CC3)CCN(C(=O)c2ncccc2O)CC1. The number of hydrogen-bond acceptors (Lipinski definition) is 8. The fourth-order valence-corrected chi connectivity index (χ4v) is 7.18. The maximum Gasteiger partial charge on any atom is 0.416 e. The molecule has 1 saturated heterocycles. The fourth-order valence-electron chi connectivity index (χ4n) is 6.95. The van der Waals surface area contributed by atoms with Crippen LogP contribution in [0.2, 0.25) is 5.02 Å². The number of hydrogen-bond donors (Lipinski definition) is 2. The number of fused-ring (bicyclic) bond motifs is 3. The van der Waals surface area contributed by atoms with Gasteiger partial charge in [0.2, 0.25) is 11.7 Å². The number of carbonyl (C=O) groups excluding carboxylic acids is 2. The minimum atomic E-state index is -4.61. The molecular formula is C32H29ClF3N9O4. The molecule has 5 aromatic rings. The van der Waals surface area contributed by atoms with E-state index in [-0.39, 0.29) is 45.9 Å². The molecule has 2 aliphatic rings. The van der Waals surface area contributed by atoms with Gasteiger partial charge in [0, 0.05) is 49.2 Å². The third-order valence-corrected chi connectivity index (χ3v) is 9.66. The van der Waals surface area contributed by atoms with E-state index in [1.54, 1.807) is 34.3 Å². The molecule has 7 rings (SSSR count). The molecule has 1 fully saturated rings. The highest BCUT2D eigenvalue weighted by molar-refractivity contribution is 6.33. The van der Waals surface area contributed by atoms with Gasteiger partial charge in [-0.05, 0) is 62.9 Å². The fraction of sp³-hybridized carbons (Fsp3) is 0.344. The van der Waals surface area contributed by atoms with Crippen molar-refractivity contribution in [1.82, 2.24) is 38.8 Å². The van der Waals surface area contributed by atoms with Gasteiger partial charge in [-0.3, -0.25) is 19.1 Å². The molecule has 0 unspecified atom stereocenters. The van der Waals surface area contributed by atoms with Crippen LogP contribution >= 0.6 is 11.6 Å². The standard InChI is InChI=1S/C32H29ClF3N9O4/c1-17-19(15-42(2)40-17)27-39-30-44(16-24(47)38-21-6-5-18(14-20(21)33)32(34,35)36)22-7-8-31(25(22)28(48)45(30)41-27)9-12-43(13-10-31)29(49)26-23(46)4-3-11-37-26/h3-6,11,14-15,46H,7-10,12-13,16H2,1-2H3,(H,38,47). The quantitative estimate of drug-likeness (QED) is 0.279. The molecule has 13 nitrogen and oxygen atoms in total. The van der Waals surface area contributed by atoms with Gasteiger partial charge in [0.1, 0.15) is 12.3 Å². The lowest BCUT2D eigenvalue weighted by Gasteiger charge is -2.39. The van der Waals surface area contributed by atoms with E-state index >= 15 is 0 Å². The van der Waals surface area contributed by atoms with Crippen molar-refractivity contribution >= 4 is 34.9 Å². The van der Waals surface area contributed by atoms with E-state index in [9.17, 15) is 32.7 Å². The van der Waals surface area contributed by atoms with Gasteiger partial charge in [0.25, 0.3) is 11.5 Å². The van der Waals surface area contributed by atoms with Crippen molar-refractivity contribution < 1.29 is 27.9 Å². The van der Waals surface area contributed by atoms with Crippen LogP contribution in [0, 0.1) is 6.92 Å². The lowest BCUT2D eigenvalue weighted by molar-refractivity contribution is -0.137. The highest BCUT2D eigenvalue weighted by Crippen LogP contribution is 2.45. The lowest BCUT2D eigenvalue weighted by atomic mass is 9.74. The first-order valence-electron chi connectivity index (χ1n) is 15.4. The molecule has 1 aliphatic heterocycles. The summed E-state index contributed by atoms with van der Waals surface area (Å²) in [6, 6.07) is 5.58. The minimum absolute atomic E-state index is 0.00558. The zero-order chi connectivity index (χ0) is 34.8. The molecule has 1 aromatic carbocycles. The summed E-state index contributed by atoms with van der Waals surface area (Å²) in [6.07, 6.45) is 0.431. The van der Waals surface area contributed by atoms with Gasteiger partial charge in [0.05, 0.1) is 27.5 Å². The number of rotatable bonds is 5. The van der Waals surface area contributed by atoms with Gasteiger partial charge in [-0.25, -0.2) is 4.98 Å². The van der Waals surface area contributed by atoms with Crippen molar-refractivity contribution in [3.8, 4) is 17.1 Å². The van der Waals surface area contributed by atoms with E-state index in [0.717, 1.165) is 18.2 Å². The molecule has 0 atom stereocenters. The average molecular weight is 696 g/mol. The molecule has 1 aliphatic carbocycles. The number of pyridine rings is 1. The lowest BCUT2D eigenvalue weighted by Crippen LogP contribution is -2.46. The Morgan fingerprint density at radius 1 is 1.12 bits per heavy atom. The van der Waals surface area contributed by atoms with Gasteiger partial charge in [0.15, 0.2) is 11.5 Å². The van der Waals surface area contributed by atoms with Crippen LogP contribution in [0.3, 0.4) is 0 Å². The first-order chi connectivity index (χ1) is 23.3. The molecule has 1 spiro atoms. The van der Waals surface area contributed by atoms with Crippen LogP contribution in [0.4, 0.5) is 18.9 Å². The average Bonchev–Trinajstić information content (AvgIpc) is 3.75. The molecule has 0 saturated carbocycles. The predicted octanol–water partition coefficient (Wildman–Crippen LogP) is 4.13. The highest BCUT2D eigenvalue weighted by Gasteiger charge is 2.46. The second-order valence-corrected chi connectivity index (χ2v) is 12.8. The number of nitrogens with one attached hydrogen (secondary N) is 1. The summed E-state index contributed by atoms with van der Waals surface area (Å²) in [4.78, 5) is 51.3. The normalized spacial score (nSPS) is 15.6. The maximum atomic E-state index is 14.3. The predicted molar refractivity (Wildman–Crippen MR) is 170 cm³/mol. The van der Waals surface area contributed by atoms with E-state index in [1.807, 2.05) is 0 Å². The zero-order valence-electron chi connectivity index (χ0n) is 26.3. The third-order valence-electron chi connectivity index (χ3n) is 9.35. The minimum Gasteiger partial charge on any atom is -0.505 e. The molecule has 0 radical (unpaired) electrons. The van der Waals surface area contributed by atoms with Crippen LogP contribution in [0.15, 0.2) is 47.5 Å². The van der Waals surface area contributed by atoms with Crippen molar-refractivity contribution in [1.29, 1.82) is 0 Å². The first kappa shape index (κ1) is 32.3. The molecule has 5 heterocycles. The molecule has 254 valence electrons. The second kappa shape index (κ2) is 11.7. The largest absolute Gasteiger partial charge is 0.505 e. The summed E-state index contributed by atoms with van der Waals surface area (Å²) < 4.78 is 43.9. The van der Waals surface area contributed by atoms with Gasteiger partial charge in [-0.1, -0.05) is 11.6 Å². The van der Waals surface area contributed by atoms with Crippen LogP contribution in [-0.2, 0) is 36.4 Å². The summed E-state index contributed by atoms with van der Waals surface area (Å²) in [7, 11) is 1.74. The van der Waals surface area contributed by atoms with E-state index in [2.05, 4.69) is 25.5 Å². The number of carbonyl (C=O) groups is 2. The number of piperidine rings is 1. The molecule has 4 aromatic heterocycles. The van der Waals surface area contributed by atoms with Crippen LogP contribution in [-0.4, -0.2) is 68.8 Å². The van der Waals surface area contributed by atoms with E-state index < -0.39 is 29.0 Å². The smallest absolute Gasteiger partial charge is 0.416 e. The van der Waals surface area contributed by atoms with E-state index in [1.165, 1.54) is 22.8 Å². The molecule has 0 bridgehead atoms. The van der Waals surface area contributed by atoms with Crippen LogP contribution < -0.4 is 10.9 Å². The Hall–Kier alpha value is -5.25. The van der Waals surface area contributed by atoms with Gasteiger partial charge in [-0.2, -0.15) is 27.8 Å². The number of amides is 2. The number of aryl methyl sites for hydroxylation is 2. The summed E-state index contributed by atoms with van der Waals surface area (Å²) >= 11 is 6.12. The Kier molecular flexibility index (Phi) is 7.72. The van der Waals surface area contributed by atoms with Crippen molar-refractivity contribution in [2.75, 3.05) is 18.4 Å². The summed E-state index contributed by atoms with van der Waals surface area (Å²) in [6.45, 7) is 2.04. The van der Waals surface area contributed by atoms with Crippen LogP contribution in [0.5, 0.6) is 5.75 Å². The number of benzene rings is 1. The Balaban J connectivity index is 1.26. The topological polar surface area (TPSA) is 153 Å². The van der Waals surface area contributed by atoms with Gasteiger partial charge < -0.3 is 19.9 Å². The van der Waals surface area contributed by atoms with Crippen LogP contribution in [0.25, 0.3) is 17.2 Å². The van der Waals surface area contributed by atoms with Crippen molar-refractivity contribution in [3.05, 3.63) is 86.3 Å². The summed E-state index contributed by atoms with van der Waals surface area (Å²) in [5, 5.41) is 21.4. The molecule has 17 heteroatoms. The number of alkyl halides is 3.